The van der Waals surface area contributed by atoms with Gasteiger partial charge in [-0.25, -0.2) is 8.42 Å². The van der Waals surface area contributed by atoms with E-state index in [-0.39, 0.29) is 30.0 Å². The van der Waals surface area contributed by atoms with Crippen LogP contribution >= 0.6 is 11.6 Å². The maximum Gasteiger partial charge on any atom is 0.258 e. The zero-order chi connectivity index (χ0) is 17.2. The van der Waals surface area contributed by atoms with Crippen LogP contribution in [0.5, 0.6) is 0 Å². The van der Waals surface area contributed by atoms with Gasteiger partial charge in [-0.05, 0) is 23.2 Å². The van der Waals surface area contributed by atoms with Gasteiger partial charge < -0.3 is 9.32 Å². The highest BCUT2D eigenvalue weighted by Crippen LogP contribution is 2.20. The second-order valence-electron chi connectivity index (χ2n) is 5.54. The summed E-state index contributed by atoms with van der Waals surface area (Å²) in [4.78, 5) is 13.9. The van der Waals surface area contributed by atoms with Crippen molar-refractivity contribution in [3.8, 4) is 0 Å². The average Bonchev–Trinajstić information content (AvgIpc) is 3.01. The second-order valence-corrected chi connectivity index (χ2v) is 7.85. The van der Waals surface area contributed by atoms with Crippen LogP contribution in [0.4, 0.5) is 0 Å². The number of carbonyl (C=O) groups excluding carboxylic acids is 1. The molecule has 6 nitrogen and oxygen atoms in total. The van der Waals surface area contributed by atoms with E-state index in [1.807, 2.05) is 18.2 Å². The molecule has 0 radical (unpaired) electrons. The van der Waals surface area contributed by atoms with Gasteiger partial charge in [-0.1, -0.05) is 30.3 Å². The van der Waals surface area contributed by atoms with Gasteiger partial charge in [-0.3, -0.25) is 4.79 Å². The van der Waals surface area contributed by atoms with Crippen LogP contribution in [-0.4, -0.2) is 49.7 Å². The molecule has 1 aliphatic rings. The van der Waals surface area contributed by atoms with E-state index in [9.17, 15) is 13.2 Å². The molecule has 1 amide bonds. The summed E-state index contributed by atoms with van der Waals surface area (Å²) in [5.41, 5.74) is 1.05. The molecule has 2 heterocycles. The lowest BCUT2D eigenvalue weighted by molar-refractivity contribution is 0.0697. The van der Waals surface area contributed by atoms with Crippen LogP contribution in [0.2, 0.25) is 5.22 Å². The molecule has 0 aliphatic carbocycles. The molecule has 1 aliphatic heterocycles. The Bertz CT molecular complexity index is 812. The van der Waals surface area contributed by atoms with Gasteiger partial charge in [-0.2, -0.15) is 4.31 Å². The minimum absolute atomic E-state index is 0.0324. The molecule has 0 saturated carbocycles. The summed E-state index contributed by atoms with van der Waals surface area (Å²) >= 11 is 5.82. The van der Waals surface area contributed by atoms with Gasteiger partial charge in [0, 0.05) is 26.2 Å². The van der Waals surface area contributed by atoms with Crippen LogP contribution in [-0.2, 0) is 15.8 Å². The van der Waals surface area contributed by atoms with E-state index in [1.165, 1.54) is 16.6 Å². The predicted molar refractivity (Wildman–Crippen MR) is 90.3 cm³/mol. The maximum absolute atomic E-state index is 12.5. The normalized spacial score (nSPS) is 16.3. The van der Waals surface area contributed by atoms with Crippen LogP contribution in [0.3, 0.4) is 0 Å². The van der Waals surface area contributed by atoms with Crippen LogP contribution in [0.15, 0.2) is 47.1 Å². The van der Waals surface area contributed by atoms with Crippen molar-refractivity contribution in [2.24, 2.45) is 0 Å². The van der Waals surface area contributed by atoms with Gasteiger partial charge >= 0.3 is 0 Å². The summed E-state index contributed by atoms with van der Waals surface area (Å²) in [6, 6.07) is 10.6. The quantitative estimate of drug-likeness (QED) is 0.829. The molecule has 2 aromatic rings. The number of amides is 1. The van der Waals surface area contributed by atoms with Crippen LogP contribution in [0, 0.1) is 0 Å². The lowest BCUT2D eigenvalue weighted by Crippen LogP contribution is -2.50. The van der Waals surface area contributed by atoms with Gasteiger partial charge in [0.2, 0.25) is 15.2 Å². The van der Waals surface area contributed by atoms with Crippen LogP contribution in [0.1, 0.15) is 15.9 Å². The Morgan fingerprint density at radius 1 is 1.08 bits per heavy atom. The smallest absolute Gasteiger partial charge is 0.258 e. The largest absolute Gasteiger partial charge is 0.452 e. The zero-order valence-electron chi connectivity index (χ0n) is 12.9. The van der Waals surface area contributed by atoms with Crippen molar-refractivity contribution in [2.45, 2.75) is 5.75 Å². The number of piperazine rings is 1. The summed E-state index contributed by atoms with van der Waals surface area (Å²) in [6.07, 6.45) is 1.36. The molecule has 8 heteroatoms. The van der Waals surface area contributed by atoms with E-state index >= 15 is 0 Å². The average molecular weight is 369 g/mol. The highest BCUT2D eigenvalue weighted by atomic mass is 35.5. The molecule has 0 bridgehead atoms. The molecule has 24 heavy (non-hydrogen) atoms. The molecule has 0 spiro atoms. The summed E-state index contributed by atoms with van der Waals surface area (Å²) < 4.78 is 31.4. The van der Waals surface area contributed by atoms with Crippen LogP contribution < -0.4 is 0 Å². The van der Waals surface area contributed by atoms with E-state index in [0.29, 0.717) is 18.7 Å². The van der Waals surface area contributed by atoms with Gasteiger partial charge in [0.1, 0.15) is 0 Å². The standard InChI is InChI=1S/C16H17ClN2O4S/c17-15-14(6-11-23-15)16(20)18-7-9-19(10-8-18)24(21,22)12-13-4-2-1-3-5-13/h1-6,11H,7-10,12H2. The third-order valence-electron chi connectivity index (χ3n) is 3.96. The van der Waals surface area contributed by atoms with Gasteiger partial charge in [0.15, 0.2) is 0 Å². The lowest BCUT2D eigenvalue weighted by Gasteiger charge is -2.33. The summed E-state index contributed by atoms with van der Waals surface area (Å²) in [7, 11) is -3.40. The van der Waals surface area contributed by atoms with Crippen molar-refractivity contribution in [2.75, 3.05) is 26.2 Å². The van der Waals surface area contributed by atoms with Crippen molar-refractivity contribution in [3.05, 3.63) is 59.0 Å². The molecule has 1 aromatic heterocycles. The van der Waals surface area contributed by atoms with Gasteiger partial charge in [-0.15, -0.1) is 0 Å². The number of carbonyl (C=O) groups is 1. The molecule has 0 N–H and O–H groups in total. The number of benzene rings is 1. The molecule has 1 fully saturated rings. The SMILES string of the molecule is O=C(c1ccoc1Cl)N1CCN(S(=O)(=O)Cc2ccccc2)CC1. The topological polar surface area (TPSA) is 70.8 Å². The number of rotatable bonds is 4. The minimum Gasteiger partial charge on any atom is -0.452 e. The minimum atomic E-state index is -3.40. The molecule has 0 unspecified atom stereocenters. The molecule has 1 saturated heterocycles. The number of sulfonamides is 1. The fourth-order valence-corrected chi connectivity index (χ4v) is 4.37. The van der Waals surface area contributed by atoms with Crippen molar-refractivity contribution < 1.29 is 17.6 Å². The van der Waals surface area contributed by atoms with E-state index in [0.717, 1.165) is 5.56 Å². The Hall–Kier alpha value is -1.83. The highest BCUT2D eigenvalue weighted by Gasteiger charge is 2.30. The Morgan fingerprint density at radius 2 is 1.75 bits per heavy atom. The number of halogens is 1. The van der Waals surface area contributed by atoms with E-state index in [1.54, 1.807) is 17.0 Å². The lowest BCUT2D eigenvalue weighted by atomic mass is 10.2. The molecular weight excluding hydrogens is 352 g/mol. The summed E-state index contributed by atoms with van der Waals surface area (Å²) in [5.74, 6) is -0.274. The zero-order valence-corrected chi connectivity index (χ0v) is 14.5. The van der Waals surface area contributed by atoms with E-state index < -0.39 is 10.0 Å². The van der Waals surface area contributed by atoms with Gasteiger partial charge in [0.25, 0.3) is 5.91 Å². The van der Waals surface area contributed by atoms with Crippen LogP contribution in [0.25, 0.3) is 0 Å². The van der Waals surface area contributed by atoms with Crippen molar-refractivity contribution in [1.29, 1.82) is 0 Å². The van der Waals surface area contributed by atoms with Crippen molar-refractivity contribution >= 4 is 27.5 Å². The molecular formula is C16H17ClN2O4S. The van der Waals surface area contributed by atoms with E-state index in [4.69, 9.17) is 16.0 Å². The molecule has 128 valence electrons. The molecule has 1 aromatic carbocycles. The Labute approximate surface area is 145 Å². The number of furan rings is 1. The second kappa shape index (κ2) is 6.96. The fraction of sp³-hybridized carbons (Fsp3) is 0.312. The Morgan fingerprint density at radius 3 is 2.33 bits per heavy atom. The fourth-order valence-electron chi connectivity index (χ4n) is 2.66. The summed E-state index contributed by atoms with van der Waals surface area (Å²) in [6.45, 7) is 1.20. The first-order chi connectivity index (χ1) is 11.5. The monoisotopic (exact) mass is 368 g/mol. The van der Waals surface area contributed by atoms with Gasteiger partial charge in [0.05, 0.1) is 17.6 Å². The van der Waals surface area contributed by atoms with Crippen molar-refractivity contribution in [3.63, 3.8) is 0 Å². The first kappa shape index (κ1) is 17.0. The Balaban J connectivity index is 1.62. The number of hydrogen-bond donors (Lipinski definition) is 0. The maximum atomic E-state index is 12.5. The number of hydrogen-bond acceptors (Lipinski definition) is 4. The Kier molecular flexibility index (Phi) is 4.93. The third kappa shape index (κ3) is 3.63. The first-order valence-corrected chi connectivity index (χ1v) is 9.50. The third-order valence-corrected chi connectivity index (χ3v) is 6.10. The number of nitrogens with zero attached hydrogens (tertiary/aromatic N) is 2. The predicted octanol–water partition coefficient (Wildman–Crippen LogP) is 2.22. The van der Waals surface area contributed by atoms with Crippen molar-refractivity contribution in [1.82, 2.24) is 9.21 Å². The highest BCUT2D eigenvalue weighted by molar-refractivity contribution is 7.88. The molecule has 0 atom stereocenters. The first-order valence-electron chi connectivity index (χ1n) is 7.51. The van der Waals surface area contributed by atoms with E-state index in [2.05, 4.69) is 0 Å². The summed E-state index contributed by atoms with van der Waals surface area (Å²) in [5, 5.41) is 0.0547. The molecule has 3 rings (SSSR count).